The van der Waals surface area contributed by atoms with Gasteiger partial charge in [-0.15, -0.1) is 0 Å². The van der Waals surface area contributed by atoms with Crippen molar-refractivity contribution in [3.8, 4) is 5.75 Å². The van der Waals surface area contributed by atoms with E-state index in [1.807, 2.05) is 19.1 Å². The zero-order valence-electron chi connectivity index (χ0n) is 12.4. The molecule has 1 N–H and O–H groups in total. The summed E-state index contributed by atoms with van der Waals surface area (Å²) >= 11 is 0. The van der Waals surface area contributed by atoms with Gasteiger partial charge < -0.3 is 4.74 Å². The second-order valence-electron chi connectivity index (χ2n) is 4.74. The molecule has 0 unspecified atom stereocenters. The van der Waals surface area contributed by atoms with Crippen LogP contribution in [0.2, 0.25) is 0 Å². The Morgan fingerprint density at radius 3 is 2.48 bits per heavy atom. The summed E-state index contributed by atoms with van der Waals surface area (Å²) in [5.74, 6) is 0.203. The Hall–Kier alpha value is -3.22. The fourth-order valence-electron chi connectivity index (χ4n) is 1.68. The van der Waals surface area contributed by atoms with Crippen LogP contribution in [0.4, 0.5) is 5.69 Å². The molecule has 0 aromatic heterocycles. The predicted molar refractivity (Wildman–Crippen MR) is 85.5 cm³/mol. The fourth-order valence-corrected chi connectivity index (χ4v) is 1.68. The van der Waals surface area contributed by atoms with Crippen LogP contribution in [-0.4, -0.2) is 23.7 Å². The van der Waals surface area contributed by atoms with Gasteiger partial charge in [-0.3, -0.25) is 14.9 Å². The van der Waals surface area contributed by atoms with Crippen LogP contribution in [0.25, 0.3) is 0 Å². The number of aryl methyl sites for hydroxylation is 1. The number of hydrogen-bond donors (Lipinski definition) is 1. The van der Waals surface area contributed by atoms with Crippen molar-refractivity contribution in [1.82, 2.24) is 5.43 Å². The van der Waals surface area contributed by atoms with Gasteiger partial charge in [-0.25, -0.2) is 5.43 Å². The lowest BCUT2D eigenvalue weighted by molar-refractivity contribution is -0.384. The van der Waals surface area contributed by atoms with Gasteiger partial charge in [0.1, 0.15) is 5.75 Å². The number of rotatable bonds is 6. The largest absolute Gasteiger partial charge is 0.484 e. The molecule has 0 heterocycles. The number of nitrogens with zero attached hydrogens (tertiary/aromatic N) is 2. The summed E-state index contributed by atoms with van der Waals surface area (Å²) in [5.41, 5.74) is 4.06. The third kappa shape index (κ3) is 5.24. The maximum atomic E-state index is 11.6. The molecule has 0 atom stereocenters. The van der Waals surface area contributed by atoms with Gasteiger partial charge in [-0.1, -0.05) is 17.7 Å². The number of carbonyl (C=O) groups is 1. The Labute approximate surface area is 132 Å². The molecule has 0 fully saturated rings. The van der Waals surface area contributed by atoms with E-state index in [1.165, 1.54) is 30.5 Å². The molecule has 0 aliphatic rings. The van der Waals surface area contributed by atoms with E-state index in [-0.39, 0.29) is 12.3 Å². The van der Waals surface area contributed by atoms with Crippen molar-refractivity contribution in [2.24, 2.45) is 5.10 Å². The summed E-state index contributed by atoms with van der Waals surface area (Å²) in [5, 5.41) is 14.3. The van der Waals surface area contributed by atoms with Gasteiger partial charge in [0.25, 0.3) is 11.6 Å². The Kier molecular flexibility index (Phi) is 5.40. The van der Waals surface area contributed by atoms with Crippen molar-refractivity contribution in [2.45, 2.75) is 6.92 Å². The molecule has 0 bridgehead atoms. The number of nitro groups is 1. The standard InChI is InChI=1S/C16H15N3O4/c1-12-2-8-15(9-3-12)23-11-16(20)18-17-10-13-4-6-14(7-5-13)19(21)22/h2-10H,11H2,1H3,(H,18,20). The summed E-state index contributed by atoms with van der Waals surface area (Å²) in [6, 6.07) is 13.1. The van der Waals surface area contributed by atoms with Crippen LogP contribution in [0.5, 0.6) is 5.75 Å². The van der Waals surface area contributed by atoms with E-state index in [0.717, 1.165) is 5.56 Å². The molecule has 0 radical (unpaired) electrons. The molecule has 0 aliphatic heterocycles. The van der Waals surface area contributed by atoms with Gasteiger partial charge in [-0.05, 0) is 36.8 Å². The van der Waals surface area contributed by atoms with Gasteiger partial charge in [0.15, 0.2) is 6.61 Å². The van der Waals surface area contributed by atoms with Crippen molar-refractivity contribution < 1.29 is 14.5 Å². The third-order valence-electron chi connectivity index (χ3n) is 2.90. The molecule has 118 valence electrons. The van der Waals surface area contributed by atoms with Crippen LogP contribution in [-0.2, 0) is 4.79 Å². The molecule has 0 saturated carbocycles. The molecule has 0 saturated heterocycles. The van der Waals surface area contributed by atoms with Crippen molar-refractivity contribution in [1.29, 1.82) is 0 Å². The first-order valence-corrected chi connectivity index (χ1v) is 6.80. The van der Waals surface area contributed by atoms with Gasteiger partial charge in [0, 0.05) is 12.1 Å². The zero-order chi connectivity index (χ0) is 16.7. The number of nitrogens with one attached hydrogen (secondary N) is 1. The Balaban J connectivity index is 1.79. The minimum atomic E-state index is -0.481. The van der Waals surface area contributed by atoms with E-state index in [4.69, 9.17) is 4.74 Å². The van der Waals surface area contributed by atoms with E-state index in [2.05, 4.69) is 10.5 Å². The monoisotopic (exact) mass is 313 g/mol. The lowest BCUT2D eigenvalue weighted by Crippen LogP contribution is -2.24. The molecule has 2 rings (SSSR count). The maximum Gasteiger partial charge on any atom is 0.277 e. The highest BCUT2D eigenvalue weighted by Crippen LogP contribution is 2.11. The topological polar surface area (TPSA) is 93.8 Å². The molecule has 1 amide bonds. The number of amides is 1. The van der Waals surface area contributed by atoms with E-state index in [1.54, 1.807) is 12.1 Å². The summed E-state index contributed by atoms with van der Waals surface area (Å²) in [7, 11) is 0. The maximum absolute atomic E-state index is 11.6. The van der Waals surface area contributed by atoms with Crippen molar-refractivity contribution >= 4 is 17.8 Å². The Morgan fingerprint density at radius 2 is 1.87 bits per heavy atom. The van der Waals surface area contributed by atoms with Crippen LogP contribution < -0.4 is 10.2 Å². The highest BCUT2D eigenvalue weighted by Gasteiger charge is 2.03. The zero-order valence-corrected chi connectivity index (χ0v) is 12.4. The van der Waals surface area contributed by atoms with Gasteiger partial charge >= 0.3 is 0 Å². The summed E-state index contributed by atoms with van der Waals surface area (Å²) in [4.78, 5) is 21.6. The van der Waals surface area contributed by atoms with Crippen LogP contribution >= 0.6 is 0 Å². The predicted octanol–water partition coefficient (Wildman–Crippen LogP) is 2.43. The fraction of sp³-hybridized carbons (Fsp3) is 0.125. The number of ether oxygens (including phenoxy) is 1. The van der Waals surface area contributed by atoms with Crippen LogP contribution in [0.1, 0.15) is 11.1 Å². The van der Waals surface area contributed by atoms with E-state index >= 15 is 0 Å². The van der Waals surface area contributed by atoms with Crippen molar-refractivity contribution in [2.75, 3.05) is 6.61 Å². The second-order valence-corrected chi connectivity index (χ2v) is 4.74. The second kappa shape index (κ2) is 7.69. The lowest BCUT2D eigenvalue weighted by Gasteiger charge is -2.04. The van der Waals surface area contributed by atoms with Crippen LogP contribution in [0, 0.1) is 17.0 Å². The smallest absolute Gasteiger partial charge is 0.277 e. The van der Waals surface area contributed by atoms with Crippen molar-refractivity contribution in [3.63, 3.8) is 0 Å². The van der Waals surface area contributed by atoms with Gasteiger partial charge in [0.2, 0.25) is 0 Å². The number of carbonyl (C=O) groups excluding carboxylic acids is 1. The number of benzene rings is 2. The van der Waals surface area contributed by atoms with E-state index in [0.29, 0.717) is 11.3 Å². The molecule has 0 aliphatic carbocycles. The minimum absolute atomic E-state index is 0.00214. The van der Waals surface area contributed by atoms with E-state index < -0.39 is 10.8 Å². The normalized spacial score (nSPS) is 10.5. The molecule has 23 heavy (non-hydrogen) atoms. The number of non-ortho nitro benzene ring substituents is 1. The molecule has 2 aromatic rings. The minimum Gasteiger partial charge on any atom is -0.484 e. The van der Waals surface area contributed by atoms with Crippen LogP contribution in [0.15, 0.2) is 53.6 Å². The first-order valence-electron chi connectivity index (χ1n) is 6.80. The number of hydrogen-bond acceptors (Lipinski definition) is 5. The van der Waals surface area contributed by atoms with Gasteiger partial charge in [0.05, 0.1) is 11.1 Å². The SMILES string of the molecule is Cc1ccc(OCC(=O)NN=Cc2ccc([N+](=O)[O-])cc2)cc1. The Morgan fingerprint density at radius 1 is 1.22 bits per heavy atom. The van der Waals surface area contributed by atoms with Crippen molar-refractivity contribution in [3.05, 3.63) is 69.8 Å². The lowest BCUT2D eigenvalue weighted by atomic mass is 10.2. The first kappa shape index (κ1) is 16.2. The first-order chi connectivity index (χ1) is 11.0. The van der Waals surface area contributed by atoms with Crippen LogP contribution in [0.3, 0.4) is 0 Å². The summed E-state index contributed by atoms with van der Waals surface area (Å²) < 4.78 is 5.31. The van der Waals surface area contributed by atoms with Gasteiger partial charge in [-0.2, -0.15) is 5.10 Å². The summed E-state index contributed by atoms with van der Waals surface area (Å²) in [6.45, 7) is 1.81. The highest BCUT2D eigenvalue weighted by molar-refractivity contribution is 5.83. The molecule has 2 aromatic carbocycles. The molecular weight excluding hydrogens is 298 g/mol. The quantitative estimate of drug-likeness (QED) is 0.503. The third-order valence-corrected chi connectivity index (χ3v) is 2.90. The molecular formula is C16H15N3O4. The molecule has 0 spiro atoms. The molecule has 7 heteroatoms. The molecule has 7 nitrogen and oxygen atoms in total. The average Bonchev–Trinajstić information content (AvgIpc) is 2.55. The Bertz CT molecular complexity index is 709. The summed E-state index contributed by atoms with van der Waals surface area (Å²) in [6.07, 6.45) is 1.40. The average molecular weight is 313 g/mol. The number of hydrazone groups is 1. The highest BCUT2D eigenvalue weighted by atomic mass is 16.6. The number of nitro benzene ring substituents is 1. The van der Waals surface area contributed by atoms with E-state index in [9.17, 15) is 14.9 Å².